The maximum Gasteiger partial charge on any atom is 0.263 e. The highest BCUT2D eigenvalue weighted by molar-refractivity contribution is 7.92. The molecule has 0 radical (unpaired) electrons. The largest absolute Gasteiger partial charge is 0.476 e. The van der Waals surface area contributed by atoms with Crippen molar-refractivity contribution in [3.8, 4) is 5.75 Å². The Kier molecular flexibility index (Phi) is 5.70. The molecule has 1 amide bonds. The van der Waals surface area contributed by atoms with Gasteiger partial charge < -0.3 is 10.1 Å². The lowest BCUT2D eigenvalue weighted by Gasteiger charge is -2.34. The van der Waals surface area contributed by atoms with Gasteiger partial charge in [-0.15, -0.1) is 0 Å². The minimum Gasteiger partial charge on any atom is -0.476 e. The number of amides is 1. The number of benzene rings is 2. The molecule has 7 heteroatoms. The molecular formula is C20H24N2O4S. The number of rotatable bonds is 6. The van der Waals surface area contributed by atoms with Gasteiger partial charge in [-0.25, -0.2) is 8.42 Å². The Bertz CT molecular complexity index is 897. The van der Waals surface area contributed by atoms with E-state index >= 15 is 0 Å². The first kappa shape index (κ1) is 19.2. The van der Waals surface area contributed by atoms with Crippen molar-refractivity contribution >= 4 is 21.6 Å². The van der Waals surface area contributed by atoms with E-state index in [1.165, 1.54) is 4.31 Å². The SMILES string of the molecule is CC(C)CNC(=O)C1CN(S(=O)(=O)Cc2ccccc2)c2ccccc2O1. The van der Waals surface area contributed by atoms with Crippen LogP contribution in [0.5, 0.6) is 5.75 Å². The number of hydrogen-bond donors (Lipinski definition) is 1. The normalized spacial score (nSPS) is 16.6. The Labute approximate surface area is 160 Å². The molecule has 2 aromatic carbocycles. The molecule has 0 aromatic heterocycles. The van der Waals surface area contributed by atoms with Crippen LogP contribution in [-0.2, 0) is 20.6 Å². The van der Waals surface area contributed by atoms with Crippen LogP contribution in [0, 0.1) is 5.92 Å². The Hall–Kier alpha value is -2.54. The summed E-state index contributed by atoms with van der Waals surface area (Å²) in [6, 6.07) is 15.9. The second-order valence-electron chi connectivity index (χ2n) is 6.99. The molecule has 1 N–H and O–H groups in total. The molecule has 144 valence electrons. The first-order chi connectivity index (χ1) is 12.9. The number of anilines is 1. The maximum absolute atomic E-state index is 13.1. The maximum atomic E-state index is 13.1. The number of nitrogens with one attached hydrogen (secondary N) is 1. The zero-order valence-corrected chi connectivity index (χ0v) is 16.3. The second kappa shape index (κ2) is 8.00. The van der Waals surface area contributed by atoms with E-state index in [-0.39, 0.29) is 18.2 Å². The minimum absolute atomic E-state index is 0.0455. The average molecular weight is 388 g/mol. The highest BCUT2D eigenvalue weighted by atomic mass is 32.2. The quantitative estimate of drug-likeness (QED) is 0.825. The van der Waals surface area contributed by atoms with Gasteiger partial charge in [0.1, 0.15) is 5.75 Å². The molecule has 1 heterocycles. The minimum atomic E-state index is -3.67. The third-order valence-electron chi connectivity index (χ3n) is 4.24. The van der Waals surface area contributed by atoms with Crippen molar-refractivity contribution in [3.05, 3.63) is 60.2 Å². The molecule has 1 unspecified atom stereocenters. The fourth-order valence-corrected chi connectivity index (χ4v) is 4.47. The molecule has 0 fully saturated rings. The summed E-state index contributed by atoms with van der Waals surface area (Å²) in [6.07, 6.45) is -0.885. The predicted molar refractivity (Wildman–Crippen MR) is 105 cm³/mol. The molecule has 6 nitrogen and oxygen atoms in total. The first-order valence-corrected chi connectivity index (χ1v) is 10.6. The van der Waals surface area contributed by atoms with Gasteiger partial charge in [0, 0.05) is 6.54 Å². The first-order valence-electron chi connectivity index (χ1n) is 8.94. The smallest absolute Gasteiger partial charge is 0.263 e. The molecule has 0 saturated heterocycles. The molecule has 1 aliphatic rings. The molecule has 0 spiro atoms. The van der Waals surface area contributed by atoms with Gasteiger partial charge >= 0.3 is 0 Å². The number of ether oxygens (including phenoxy) is 1. The average Bonchev–Trinajstić information content (AvgIpc) is 2.65. The summed E-state index contributed by atoms with van der Waals surface area (Å²) < 4.78 is 33.3. The van der Waals surface area contributed by atoms with Gasteiger partial charge in [0.2, 0.25) is 10.0 Å². The Morgan fingerprint density at radius 3 is 2.52 bits per heavy atom. The van der Waals surface area contributed by atoms with Crippen molar-refractivity contribution in [3.63, 3.8) is 0 Å². The molecule has 1 atom stereocenters. The standard InChI is InChI=1S/C20H24N2O4S/c1-15(2)12-21-20(23)19-13-22(17-10-6-7-11-18(17)26-19)27(24,25)14-16-8-4-3-5-9-16/h3-11,15,19H,12-14H2,1-2H3,(H,21,23). The second-order valence-corrected chi connectivity index (χ2v) is 8.88. The van der Waals surface area contributed by atoms with E-state index < -0.39 is 16.1 Å². The lowest BCUT2D eigenvalue weighted by Crippen LogP contribution is -2.51. The molecular weight excluding hydrogens is 364 g/mol. The summed E-state index contributed by atoms with van der Waals surface area (Å²) in [7, 11) is -3.67. The fourth-order valence-electron chi connectivity index (χ4n) is 2.88. The summed E-state index contributed by atoms with van der Waals surface area (Å²) in [4.78, 5) is 12.5. The number of para-hydroxylation sites is 2. The summed E-state index contributed by atoms with van der Waals surface area (Å²) >= 11 is 0. The zero-order valence-electron chi connectivity index (χ0n) is 15.5. The van der Waals surface area contributed by atoms with Crippen LogP contribution in [0.3, 0.4) is 0 Å². The van der Waals surface area contributed by atoms with Crippen LogP contribution in [0.1, 0.15) is 19.4 Å². The van der Waals surface area contributed by atoms with Crippen LogP contribution in [0.2, 0.25) is 0 Å². The van der Waals surface area contributed by atoms with Crippen LogP contribution in [0.25, 0.3) is 0 Å². The van der Waals surface area contributed by atoms with Gasteiger partial charge in [0.25, 0.3) is 5.91 Å². The zero-order chi connectivity index (χ0) is 19.4. The van der Waals surface area contributed by atoms with Crippen LogP contribution in [0.4, 0.5) is 5.69 Å². The number of nitrogens with zero attached hydrogens (tertiary/aromatic N) is 1. The van der Waals surface area contributed by atoms with Crippen LogP contribution in [-0.4, -0.2) is 33.5 Å². The number of sulfonamides is 1. The predicted octanol–water partition coefficient (Wildman–Crippen LogP) is 2.56. The lowest BCUT2D eigenvalue weighted by atomic mass is 10.2. The Morgan fingerprint density at radius 1 is 1.15 bits per heavy atom. The van der Waals surface area contributed by atoms with Crippen LogP contribution in [0.15, 0.2) is 54.6 Å². The lowest BCUT2D eigenvalue weighted by molar-refractivity contribution is -0.127. The van der Waals surface area contributed by atoms with Gasteiger partial charge in [-0.3, -0.25) is 9.10 Å². The van der Waals surface area contributed by atoms with E-state index in [4.69, 9.17) is 4.74 Å². The van der Waals surface area contributed by atoms with Gasteiger partial charge in [-0.05, 0) is 23.6 Å². The molecule has 2 aromatic rings. The van der Waals surface area contributed by atoms with E-state index in [0.717, 1.165) is 0 Å². The van der Waals surface area contributed by atoms with E-state index in [1.807, 2.05) is 19.9 Å². The van der Waals surface area contributed by atoms with Crippen LogP contribution < -0.4 is 14.4 Å². The van der Waals surface area contributed by atoms with Gasteiger partial charge in [0.05, 0.1) is 18.0 Å². The van der Waals surface area contributed by atoms with Crippen molar-refractivity contribution in [1.82, 2.24) is 5.32 Å². The molecule has 1 aliphatic heterocycles. The molecule has 27 heavy (non-hydrogen) atoms. The van der Waals surface area contributed by atoms with Gasteiger partial charge in [0.15, 0.2) is 6.10 Å². The fraction of sp³-hybridized carbons (Fsp3) is 0.350. The monoisotopic (exact) mass is 388 g/mol. The van der Waals surface area contributed by atoms with E-state index in [9.17, 15) is 13.2 Å². The number of fused-ring (bicyclic) bond motifs is 1. The number of hydrogen-bond acceptors (Lipinski definition) is 4. The van der Waals surface area contributed by atoms with Gasteiger partial charge in [-0.1, -0.05) is 56.3 Å². The summed E-state index contributed by atoms with van der Waals surface area (Å²) in [5.41, 5.74) is 1.16. The van der Waals surface area contributed by atoms with Crippen LogP contribution >= 0.6 is 0 Å². The van der Waals surface area contributed by atoms with Crippen molar-refractivity contribution < 1.29 is 17.9 Å². The molecule has 0 saturated carbocycles. The van der Waals surface area contributed by atoms with E-state index in [2.05, 4.69) is 5.32 Å². The summed E-state index contributed by atoms with van der Waals surface area (Å²) in [5, 5.41) is 2.82. The highest BCUT2D eigenvalue weighted by Gasteiger charge is 2.36. The van der Waals surface area contributed by atoms with Crippen molar-refractivity contribution in [2.24, 2.45) is 5.92 Å². The number of carbonyl (C=O) groups excluding carboxylic acids is 1. The number of carbonyl (C=O) groups is 1. The molecule has 0 aliphatic carbocycles. The highest BCUT2D eigenvalue weighted by Crippen LogP contribution is 2.35. The third-order valence-corrected chi connectivity index (χ3v) is 5.95. The summed E-state index contributed by atoms with van der Waals surface area (Å²) in [5.74, 6) is 0.244. The summed E-state index contributed by atoms with van der Waals surface area (Å²) in [6.45, 7) is 4.45. The molecule has 0 bridgehead atoms. The topological polar surface area (TPSA) is 75.7 Å². The molecule has 3 rings (SSSR count). The van der Waals surface area contributed by atoms with Gasteiger partial charge in [-0.2, -0.15) is 0 Å². The Morgan fingerprint density at radius 2 is 1.81 bits per heavy atom. The van der Waals surface area contributed by atoms with E-state index in [0.29, 0.717) is 29.5 Å². The van der Waals surface area contributed by atoms with Crippen molar-refractivity contribution in [2.45, 2.75) is 25.7 Å². The van der Waals surface area contributed by atoms with Crippen molar-refractivity contribution in [2.75, 3.05) is 17.4 Å². The van der Waals surface area contributed by atoms with Crippen molar-refractivity contribution in [1.29, 1.82) is 0 Å². The third kappa shape index (κ3) is 4.60. The van der Waals surface area contributed by atoms with E-state index in [1.54, 1.807) is 48.5 Å². The Balaban J connectivity index is 1.87.